The van der Waals surface area contributed by atoms with Gasteiger partial charge in [-0.1, -0.05) is 0 Å². The molecular weight excluding hydrogens is 198 g/mol. The molecule has 1 rings (SSSR count). The van der Waals surface area contributed by atoms with Crippen LogP contribution in [0.15, 0.2) is 18.3 Å². The summed E-state index contributed by atoms with van der Waals surface area (Å²) in [5, 5.41) is 11.3. The maximum atomic E-state index is 11.4. The van der Waals surface area contributed by atoms with Crippen molar-refractivity contribution in [2.45, 2.75) is 6.42 Å². The lowest BCUT2D eigenvalue weighted by atomic mass is 10.3. The second-order valence-electron chi connectivity index (χ2n) is 2.79. The van der Waals surface area contributed by atoms with Crippen molar-refractivity contribution in [1.29, 1.82) is 0 Å². The summed E-state index contributed by atoms with van der Waals surface area (Å²) >= 11 is 0. The summed E-state index contributed by atoms with van der Waals surface area (Å²) in [5.74, 6) is -1.49. The summed E-state index contributed by atoms with van der Waals surface area (Å²) in [6, 6.07) is 2.79. The van der Waals surface area contributed by atoms with Crippen LogP contribution in [0, 0.1) is 0 Å². The second-order valence-corrected chi connectivity index (χ2v) is 2.79. The number of carbonyl (C=O) groups excluding carboxylic acids is 2. The van der Waals surface area contributed by atoms with Crippen LogP contribution in [-0.2, 0) is 4.79 Å². The molecule has 0 aliphatic rings. The van der Waals surface area contributed by atoms with Gasteiger partial charge in [0.05, 0.1) is 0 Å². The van der Waals surface area contributed by atoms with Crippen LogP contribution in [-0.4, -0.2) is 28.4 Å². The molecule has 0 saturated carbocycles. The quantitative estimate of drug-likeness (QED) is 0.616. The van der Waals surface area contributed by atoms with Crippen molar-refractivity contribution in [1.82, 2.24) is 10.3 Å². The number of carbonyl (C=O) groups is 2. The van der Waals surface area contributed by atoms with Gasteiger partial charge in [-0.25, -0.2) is 4.98 Å². The molecule has 0 fully saturated rings. The number of nitrogens with one attached hydrogen (secondary N) is 1. The Morgan fingerprint density at radius 3 is 2.87 bits per heavy atom. The lowest BCUT2D eigenvalue weighted by Gasteiger charge is -2.03. The number of nitrogens with two attached hydrogens (primary N) is 1. The highest BCUT2D eigenvalue weighted by atomic mass is 16.3. The van der Waals surface area contributed by atoms with Crippen molar-refractivity contribution in [2.75, 3.05) is 6.54 Å². The normalized spacial score (nSPS) is 9.67. The summed E-state index contributed by atoms with van der Waals surface area (Å²) in [4.78, 5) is 26.0. The second kappa shape index (κ2) is 5.06. The number of nitrogens with zero attached hydrogens (tertiary/aromatic N) is 1. The minimum atomic E-state index is -0.730. The number of rotatable bonds is 3. The van der Waals surface area contributed by atoms with Crippen LogP contribution in [0.3, 0.4) is 0 Å². The molecule has 0 radical (unpaired) electrons. The molecular formula is C9H11N3O3. The van der Waals surface area contributed by atoms with E-state index in [2.05, 4.69) is 10.3 Å². The molecule has 2 amide bonds. The third-order valence-corrected chi connectivity index (χ3v) is 1.63. The first-order valence-electron chi connectivity index (χ1n) is 4.33. The first-order valence-corrected chi connectivity index (χ1v) is 4.33. The largest absolute Gasteiger partial charge is 0.505 e. The van der Waals surface area contributed by atoms with Gasteiger partial charge < -0.3 is 10.8 Å². The summed E-state index contributed by atoms with van der Waals surface area (Å²) < 4.78 is 0. The van der Waals surface area contributed by atoms with Crippen LogP contribution in [0.5, 0.6) is 5.75 Å². The zero-order valence-corrected chi connectivity index (χ0v) is 7.93. The average molecular weight is 209 g/mol. The van der Waals surface area contributed by atoms with Crippen molar-refractivity contribution in [2.24, 2.45) is 5.73 Å². The summed E-state index contributed by atoms with van der Waals surface area (Å²) in [5.41, 5.74) is 4.96. The summed E-state index contributed by atoms with van der Waals surface area (Å²) in [7, 11) is 0. The summed E-state index contributed by atoms with van der Waals surface area (Å²) in [6.45, 7) is 0.160. The highest BCUT2D eigenvalue weighted by molar-refractivity contribution is 6.04. The van der Waals surface area contributed by atoms with Crippen molar-refractivity contribution in [3.05, 3.63) is 24.0 Å². The minimum absolute atomic E-state index is 0.0549. The van der Waals surface area contributed by atoms with E-state index in [1.165, 1.54) is 18.3 Å². The van der Waals surface area contributed by atoms with Gasteiger partial charge >= 0.3 is 0 Å². The Balaban J connectivity index is 2.70. The van der Waals surface area contributed by atoms with Gasteiger partial charge in [0, 0.05) is 19.2 Å². The van der Waals surface area contributed by atoms with E-state index in [0.29, 0.717) is 0 Å². The Morgan fingerprint density at radius 1 is 1.53 bits per heavy atom. The van der Waals surface area contributed by atoms with Crippen molar-refractivity contribution >= 4 is 11.8 Å². The number of aromatic nitrogens is 1. The maximum Gasteiger partial charge on any atom is 0.280 e. The Bertz CT molecular complexity index is 379. The molecule has 15 heavy (non-hydrogen) atoms. The molecule has 1 heterocycles. The Kier molecular flexibility index (Phi) is 3.75. The SMILES string of the molecule is NCCC(=O)NC(=O)c1ncccc1O. The molecule has 1 aromatic rings. The third kappa shape index (κ3) is 3.03. The van der Waals surface area contributed by atoms with Crippen LogP contribution in [0.2, 0.25) is 0 Å². The third-order valence-electron chi connectivity index (χ3n) is 1.63. The zero-order valence-electron chi connectivity index (χ0n) is 7.93. The molecule has 6 nitrogen and oxygen atoms in total. The van der Waals surface area contributed by atoms with E-state index in [-0.39, 0.29) is 24.4 Å². The van der Waals surface area contributed by atoms with E-state index < -0.39 is 11.8 Å². The maximum absolute atomic E-state index is 11.4. The molecule has 80 valence electrons. The van der Waals surface area contributed by atoms with Gasteiger partial charge in [0.25, 0.3) is 5.91 Å². The van der Waals surface area contributed by atoms with E-state index in [4.69, 9.17) is 5.73 Å². The average Bonchev–Trinajstić information content (AvgIpc) is 2.18. The fourth-order valence-corrected chi connectivity index (χ4v) is 0.951. The fourth-order valence-electron chi connectivity index (χ4n) is 0.951. The first-order chi connectivity index (χ1) is 7.15. The van der Waals surface area contributed by atoms with Gasteiger partial charge in [-0.05, 0) is 12.1 Å². The molecule has 0 unspecified atom stereocenters. The summed E-state index contributed by atoms with van der Waals surface area (Å²) in [6.07, 6.45) is 1.40. The van der Waals surface area contributed by atoms with Gasteiger partial charge in [-0.2, -0.15) is 0 Å². The lowest BCUT2D eigenvalue weighted by molar-refractivity contribution is -0.119. The van der Waals surface area contributed by atoms with Gasteiger partial charge in [-0.3, -0.25) is 14.9 Å². The van der Waals surface area contributed by atoms with Gasteiger partial charge in [0.2, 0.25) is 5.91 Å². The predicted molar refractivity (Wildman–Crippen MR) is 52.0 cm³/mol. The number of aromatic hydroxyl groups is 1. The van der Waals surface area contributed by atoms with E-state index in [0.717, 1.165) is 0 Å². The number of imide groups is 1. The van der Waals surface area contributed by atoms with Crippen molar-refractivity contribution in [3.8, 4) is 5.75 Å². The number of hydrogen-bond acceptors (Lipinski definition) is 5. The Morgan fingerprint density at radius 2 is 2.27 bits per heavy atom. The smallest absolute Gasteiger partial charge is 0.280 e. The molecule has 0 aliphatic carbocycles. The molecule has 0 aromatic carbocycles. The van der Waals surface area contributed by atoms with Crippen LogP contribution >= 0.6 is 0 Å². The van der Waals surface area contributed by atoms with E-state index in [9.17, 15) is 14.7 Å². The molecule has 1 aromatic heterocycles. The minimum Gasteiger partial charge on any atom is -0.505 e. The van der Waals surface area contributed by atoms with Crippen LogP contribution in [0.25, 0.3) is 0 Å². The highest BCUT2D eigenvalue weighted by Crippen LogP contribution is 2.11. The predicted octanol–water partition coefficient (Wildman–Crippen LogP) is -0.608. The van der Waals surface area contributed by atoms with E-state index in [1.807, 2.05) is 0 Å². The van der Waals surface area contributed by atoms with Crippen LogP contribution in [0.1, 0.15) is 16.9 Å². The molecule has 4 N–H and O–H groups in total. The fraction of sp³-hybridized carbons (Fsp3) is 0.222. The first kappa shape index (κ1) is 11.1. The van der Waals surface area contributed by atoms with Gasteiger partial charge in [0.15, 0.2) is 5.69 Å². The van der Waals surface area contributed by atoms with Gasteiger partial charge in [-0.15, -0.1) is 0 Å². The lowest BCUT2D eigenvalue weighted by Crippen LogP contribution is -2.32. The standard InChI is InChI=1S/C9H11N3O3/c10-4-3-7(14)12-9(15)8-6(13)2-1-5-11-8/h1-2,5,13H,3-4,10H2,(H,12,14,15). The molecule has 0 saturated heterocycles. The molecule has 6 heteroatoms. The Labute approximate surface area is 86.1 Å². The molecule has 0 bridgehead atoms. The highest BCUT2D eigenvalue weighted by Gasteiger charge is 2.14. The molecule has 0 spiro atoms. The van der Waals surface area contributed by atoms with Gasteiger partial charge in [0.1, 0.15) is 5.75 Å². The number of hydrogen-bond donors (Lipinski definition) is 3. The van der Waals surface area contributed by atoms with E-state index in [1.54, 1.807) is 0 Å². The van der Waals surface area contributed by atoms with E-state index >= 15 is 0 Å². The number of pyridine rings is 1. The van der Waals surface area contributed by atoms with Crippen molar-refractivity contribution < 1.29 is 14.7 Å². The monoisotopic (exact) mass is 209 g/mol. The Hall–Kier alpha value is -1.95. The van der Waals surface area contributed by atoms with Crippen molar-refractivity contribution in [3.63, 3.8) is 0 Å². The van der Waals surface area contributed by atoms with Crippen LogP contribution < -0.4 is 11.1 Å². The van der Waals surface area contributed by atoms with Crippen LogP contribution in [0.4, 0.5) is 0 Å². The molecule has 0 aliphatic heterocycles. The molecule has 0 atom stereocenters. The number of amides is 2. The zero-order chi connectivity index (χ0) is 11.3. The topological polar surface area (TPSA) is 105 Å².